The fourth-order valence-corrected chi connectivity index (χ4v) is 6.94. The molecule has 0 saturated heterocycles. The van der Waals surface area contributed by atoms with Crippen molar-refractivity contribution >= 4 is 33.2 Å². The van der Waals surface area contributed by atoms with Gasteiger partial charge in [0.25, 0.3) is 0 Å². The molecule has 1 aliphatic carbocycles. The number of benzene rings is 6. The lowest BCUT2D eigenvalue weighted by atomic mass is 9.81. The van der Waals surface area contributed by atoms with Gasteiger partial charge in [-0.1, -0.05) is 129 Å². The average Bonchev–Trinajstić information content (AvgIpc) is 3.62. The highest BCUT2D eigenvalue weighted by molar-refractivity contribution is 6.16. The molecule has 1 aliphatic rings. The van der Waals surface area contributed by atoms with Crippen LogP contribution in [0.3, 0.4) is 0 Å². The van der Waals surface area contributed by atoms with Crippen molar-refractivity contribution < 1.29 is 4.42 Å². The van der Waals surface area contributed by atoms with Gasteiger partial charge in [-0.25, -0.2) is 0 Å². The van der Waals surface area contributed by atoms with Gasteiger partial charge in [0.1, 0.15) is 11.3 Å². The van der Waals surface area contributed by atoms with Crippen molar-refractivity contribution in [2.45, 2.75) is 25.8 Å². The Bertz CT molecular complexity index is 2290. The molecule has 0 unspecified atom stereocenters. The monoisotopic (exact) mass is 594 g/mol. The second kappa shape index (κ2) is 11.0. The predicted molar refractivity (Wildman–Crippen MR) is 192 cm³/mol. The van der Waals surface area contributed by atoms with E-state index in [4.69, 9.17) is 15.1 Å². The normalized spacial score (nSPS) is 14.0. The zero-order valence-electron chi connectivity index (χ0n) is 26.0. The van der Waals surface area contributed by atoms with E-state index in [1.165, 1.54) is 33.0 Å². The van der Waals surface area contributed by atoms with Crippen molar-refractivity contribution in [1.82, 2.24) is 0 Å². The molecule has 0 aliphatic heterocycles. The molecule has 46 heavy (non-hydrogen) atoms. The van der Waals surface area contributed by atoms with E-state index >= 15 is 0 Å². The maximum Gasteiger partial charge on any atom is 0.136 e. The standard InChI is InChI=1S/C43H34N2O/c1-43(2)36-21-12-20-34(42(36)35-23-29-15-6-7-16-30(29)24-37(35)43)38(44)26-39(45-27-28-13-4-3-5-14-28)32-18-9-10-19-33(32)41-25-31-17-8-11-22-40(31)46-41/h3-26H,27,44H2,1-2H3/b38-26-,45-39+. The minimum atomic E-state index is -0.150. The minimum Gasteiger partial charge on any atom is -0.456 e. The van der Waals surface area contributed by atoms with E-state index in [-0.39, 0.29) is 5.41 Å². The van der Waals surface area contributed by atoms with Gasteiger partial charge in [-0.2, -0.15) is 0 Å². The van der Waals surface area contributed by atoms with E-state index in [1.807, 2.05) is 54.6 Å². The molecule has 0 fully saturated rings. The average molecular weight is 595 g/mol. The summed E-state index contributed by atoms with van der Waals surface area (Å²) in [4.78, 5) is 5.20. The summed E-state index contributed by atoms with van der Waals surface area (Å²) in [6.45, 7) is 5.15. The lowest BCUT2D eigenvalue weighted by molar-refractivity contribution is 0.631. The van der Waals surface area contributed by atoms with Gasteiger partial charge in [0, 0.05) is 33.2 Å². The Morgan fingerprint density at radius 1 is 0.652 bits per heavy atom. The molecule has 3 nitrogen and oxygen atoms in total. The van der Waals surface area contributed by atoms with Gasteiger partial charge in [0.15, 0.2) is 0 Å². The number of allylic oxidation sites excluding steroid dienone is 1. The third kappa shape index (κ3) is 4.72. The first-order valence-electron chi connectivity index (χ1n) is 15.8. The number of fused-ring (bicyclic) bond motifs is 5. The second-order valence-corrected chi connectivity index (χ2v) is 12.6. The van der Waals surface area contributed by atoms with Crippen molar-refractivity contribution in [3.8, 4) is 22.5 Å². The molecule has 0 bridgehead atoms. The summed E-state index contributed by atoms with van der Waals surface area (Å²) in [6.07, 6.45) is 2.05. The van der Waals surface area contributed by atoms with E-state index < -0.39 is 0 Å². The highest BCUT2D eigenvalue weighted by atomic mass is 16.3. The van der Waals surface area contributed by atoms with Crippen LogP contribution in [0.1, 0.15) is 41.7 Å². The van der Waals surface area contributed by atoms with E-state index in [0.29, 0.717) is 12.2 Å². The number of furan rings is 1. The first-order chi connectivity index (χ1) is 22.5. The molecule has 6 aromatic carbocycles. The minimum absolute atomic E-state index is 0.150. The molecular weight excluding hydrogens is 560 g/mol. The molecular formula is C43H34N2O. The van der Waals surface area contributed by atoms with Gasteiger partial charge < -0.3 is 10.2 Å². The van der Waals surface area contributed by atoms with Crippen LogP contribution in [0.5, 0.6) is 0 Å². The fraction of sp³-hybridized carbons (Fsp3) is 0.0930. The summed E-state index contributed by atoms with van der Waals surface area (Å²) in [5, 5.41) is 3.55. The molecule has 1 aromatic heterocycles. The fourth-order valence-electron chi connectivity index (χ4n) is 6.94. The second-order valence-electron chi connectivity index (χ2n) is 12.6. The van der Waals surface area contributed by atoms with Gasteiger partial charge >= 0.3 is 0 Å². The lowest BCUT2D eigenvalue weighted by Crippen LogP contribution is -2.15. The van der Waals surface area contributed by atoms with E-state index in [0.717, 1.165) is 44.7 Å². The number of nitrogens with two attached hydrogens (primary N) is 1. The topological polar surface area (TPSA) is 51.5 Å². The number of hydrogen-bond donors (Lipinski definition) is 1. The Labute approximate surface area is 269 Å². The van der Waals surface area contributed by atoms with Gasteiger partial charge in [-0.15, -0.1) is 0 Å². The third-order valence-corrected chi connectivity index (χ3v) is 9.34. The Morgan fingerprint density at radius 2 is 1.33 bits per heavy atom. The van der Waals surface area contributed by atoms with Crippen LogP contribution < -0.4 is 5.73 Å². The molecule has 222 valence electrons. The molecule has 3 heteroatoms. The summed E-state index contributed by atoms with van der Waals surface area (Å²) in [6, 6.07) is 48.6. The molecule has 0 spiro atoms. The van der Waals surface area contributed by atoms with Crippen LogP contribution in [0, 0.1) is 0 Å². The van der Waals surface area contributed by atoms with Crippen LogP contribution in [-0.2, 0) is 12.0 Å². The van der Waals surface area contributed by atoms with E-state index in [1.54, 1.807) is 0 Å². The highest BCUT2D eigenvalue weighted by Crippen LogP contribution is 2.51. The zero-order chi connectivity index (χ0) is 31.3. The smallest absolute Gasteiger partial charge is 0.136 e. The molecule has 0 radical (unpaired) electrons. The van der Waals surface area contributed by atoms with Crippen molar-refractivity contribution in [2.24, 2.45) is 10.7 Å². The van der Waals surface area contributed by atoms with Crippen LogP contribution in [0.2, 0.25) is 0 Å². The van der Waals surface area contributed by atoms with Gasteiger partial charge in [0.05, 0.1) is 12.3 Å². The molecule has 0 atom stereocenters. The Hall–Kier alpha value is -5.67. The van der Waals surface area contributed by atoms with Gasteiger partial charge in [0.2, 0.25) is 0 Å². The van der Waals surface area contributed by atoms with Gasteiger partial charge in [-0.3, -0.25) is 4.99 Å². The van der Waals surface area contributed by atoms with Crippen molar-refractivity contribution in [2.75, 3.05) is 0 Å². The van der Waals surface area contributed by atoms with Crippen LogP contribution in [0.15, 0.2) is 155 Å². The number of nitrogens with zero attached hydrogens (tertiary/aromatic N) is 1. The van der Waals surface area contributed by atoms with Crippen LogP contribution in [0.4, 0.5) is 0 Å². The number of hydrogen-bond acceptors (Lipinski definition) is 3. The van der Waals surface area contributed by atoms with Crippen LogP contribution >= 0.6 is 0 Å². The van der Waals surface area contributed by atoms with E-state index in [9.17, 15) is 0 Å². The maximum atomic E-state index is 7.14. The third-order valence-electron chi connectivity index (χ3n) is 9.34. The van der Waals surface area contributed by atoms with Gasteiger partial charge in [-0.05, 0) is 68.9 Å². The Kier molecular flexibility index (Phi) is 6.69. The summed E-state index contributed by atoms with van der Waals surface area (Å²) in [5.74, 6) is 0.805. The quantitative estimate of drug-likeness (QED) is 0.195. The summed E-state index contributed by atoms with van der Waals surface area (Å²) in [7, 11) is 0. The van der Waals surface area contributed by atoms with Crippen LogP contribution in [-0.4, -0.2) is 5.71 Å². The first kappa shape index (κ1) is 27.8. The Morgan fingerprint density at radius 3 is 2.13 bits per heavy atom. The Balaban J connectivity index is 1.30. The number of para-hydroxylation sites is 1. The molecule has 7 aromatic rings. The van der Waals surface area contributed by atoms with E-state index in [2.05, 4.69) is 105 Å². The molecule has 0 saturated carbocycles. The number of aliphatic imine (C=N–C) groups is 1. The van der Waals surface area contributed by atoms with Crippen molar-refractivity contribution in [3.63, 3.8) is 0 Å². The summed E-state index contributed by atoms with van der Waals surface area (Å²) < 4.78 is 6.35. The molecule has 2 N–H and O–H groups in total. The first-order valence-corrected chi connectivity index (χ1v) is 15.8. The largest absolute Gasteiger partial charge is 0.456 e. The lowest BCUT2D eigenvalue weighted by Gasteiger charge is -2.22. The number of rotatable bonds is 6. The molecule has 1 heterocycles. The van der Waals surface area contributed by atoms with Crippen molar-refractivity contribution in [3.05, 3.63) is 173 Å². The maximum absolute atomic E-state index is 7.14. The highest BCUT2D eigenvalue weighted by Gasteiger charge is 2.37. The predicted octanol–water partition coefficient (Wildman–Crippen LogP) is 10.5. The summed E-state index contributed by atoms with van der Waals surface area (Å²) >= 11 is 0. The zero-order valence-corrected chi connectivity index (χ0v) is 26.0. The van der Waals surface area contributed by atoms with Crippen molar-refractivity contribution in [1.29, 1.82) is 0 Å². The van der Waals surface area contributed by atoms with Crippen LogP contribution in [0.25, 0.3) is 49.9 Å². The molecule has 8 rings (SSSR count). The summed E-state index contributed by atoms with van der Waals surface area (Å²) in [5.41, 5.74) is 18.5. The molecule has 0 amide bonds. The SMILES string of the molecule is CC1(C)c2cc3ccccc3cc2-c2c(/C(N)=C/C(=N\Cc3ccccc3)c3ccccc3-c3cc4ccccc4o3)cccc21.